The van der Waals surface area contributed by atoms with Crippen LogP contribution in [-0.2, 0) is 55.7 Å². The van der Waals surface area contributed by atoms with Crippen molar-refractivity contribution in [3.63, 3.8) is 0 Å². The number of rotatable bonds is 15. The van der Waals surface area contributed by atoms with E-state index in [1.807, 2.05) is 122 Å². The molecular weight excluding hydrogens is 647 g/mol. The molecule has 5 aromatic carbocycles. The third kappa shape index (κ3) is 5.96. The van der Waals surface area contributed by atoms with Gasteiger partial charge in [-0.15, -0.1) is 0 Å². The quantitative estimate of drug-likeness (QED) is 0.124. The average Bonchev–Trinajstić information content (AvgIpc) is 3.56. The molecule has 1 aliphatic carbocycles. The first-order chi connectivity index (χ1) is 25.0. The fraction of sp³-hybridized carbons (Fsp3) is 0.302. The molecule has 3 saturated heterocycles. The summed E-state index contributed by atoms with van der Waals surface area (Å²) in [5.41, 5.74) is 2.44. The van der Waals surface area contributed by atoms with Gasteiger partial charge in [-0.2, -0.15) is 0 Å². The van der Waals surface area contributed by atoms with E-state index in [-0.39, 0.29) is 32.2 Å². The van der Waals surface area contributed by atoms with E-state index in [9.17, 15) is 5.11 Å². The molecule has 5 aromatic rings. The summed E-state index contributed by atoms with van der Waals surface area (Å²) in [6, 6.07) is 42.2. The fourth-order valence-corrected chi connectivity index (χ4v) is 7.73. The van der Waals surface area contributed by atoms with Gasteiger partial charge in [-0.3, -0.25) is 0 Å². The summed E-state index contributed by atoms with van der Waals surface area (Å²) in [6.45, 7) is 2.88. The van der Waals surface area contributed by atoms with Gasteiger partial charge in [0.05, 0.1) is 33.0 Å². The molecule has 0 amide bonds. The monoisotopic (exact) mass is 688 g/mol. The van der Waals surface area contributed by atoms with Gasteiger partial charge in [0, 0.05) is 12.0 Å². The summed E-state index contributed by atoms with van der Waals surface area (Å²) in [7, 11) is 0. The molecule has 1 N–H and O–H groups in total. The van der Waals surface area contributed by atoms with Crippen molar-refractivity contribution in [2.45, 2.75) is 68.5 Å². The number of aliphatic hydroxyl groups is 1. The molecule has 51 heavy (non-hydrogen) atoms. The van der Waals surface area contributed by atoms with Crippen LogP contribution in [-0.4, -0.2) is 47.8 Å². The van der Waals surface area contributed by atoms with Gasteiger partial charge in [0.1, 0.15) is 29.9 Å². The third-order valence-electron chi connectivity index (χ3n) is 10.3. The lowest BCUT2D eigenvalue weighted by Gasteiger charge is -2.52. The van der Waals surface area contributed by atoms with Crippen LogP contribution in [0.5, 0.6) is 5.75 Å². The van der Waals surface area contributed by atoms with E-state index in [0.717, 1.165) is 28.0 Å². The minimum atomic E-state index is -1.53. The number of fused-ring (bicyclic) bond motifs is 1. The molecule has 6 unspecified atom stereocenters. The predicted molar refractivity (Wildman–Crippen MR) is 188 cm³/mol. The van der Waals surface area contributed by atoms with Crippen molar-refractivity contribution in [3.05, 3.63) is 173 Å². The molecular formula is C43H41FO7. The van der Waals surface area contributed by atoms with Gasteiger partial charge in [-0.1, -0.05) is 109 Å². The summed E-state index contributed by atoms with van der Waals surface area (Å²) in [6.07, 6.45) is -1.93. The van der Waals surface area contributed by atoms with Gasteiger partial charge >= 0.3 is 0 Å². The molecule has 0 spiro atoms. The maximum atomic E-state index is 15.6. The number of hydrogen-bond acceptors (Lipinski definition) is 7. The lowest BCUT2D eigenvalue weighted by Crippen LogP contribution is -2.67. The molecule has 4 bridgehead atoms. The average molecular weight is 689 g/mol. The molecule has 7 nitrogen and oxygen atoms in total. The first-order valence-electron chi connectivity index (χ1n) is 17.5. The zero-order valence-electron chi connectivity index (χ0n) is 28.5. The van der Waals surface area contributed by atoms with Crippen molar-refractivity contribution in [1.29, 1.82) is 0 Å². The van der Waals surface area contributed by atoms with Crippen molar-refractivity contribution >= 4 is 0 Å². The molecule has 6 atom stereocenters. The Morgan fingerprint density at radius 3 is 1.84 bits per heavy atom. The largest absolute Gasteiger partial charge is 0.494 e. The van der Waals surface area contributed by atoms with E-state index in [1.54, 1.807) is 12.1 Å². The highest BCUT2D eigenvalue weighted by Gasteiger charge is 2.96. The number of benzene rings is 5. The Labute approximate surface area is 297 Å². The number of aliphatic hydroxyl groups excluding tert-OH is 1. The summed E-state index contributed by atoms with van der Waals surface area (Å²) in [5.74, 6) is -1.11. The van der Waals surface area contributed by atoms with Gasteiger partial charge < -0.3 is 33.5 Å². The third-order valence-corrected chi connectivity index (χ3v) is 10.3. The minimum absolute atomic E-state index is 0.233. The fourth-order valence-electron chi connectivity index (χ4n) is 7.73. The first-order valence-corrected chi connectivity index (χ1v) is 17.5. The number of hydrogen-bond donors (Lipinski definition) is 1. The Morgan fingerprint density at radius 2 is 1.27 bits per heavy atom. The van der Waals surface area contributed by atoms with Crippen LogP contribution in [0, 0.1) is 5.82 Å². The van der Waals surface area contributed by atoms with Crippen LogP contribution < -0.4 is 4.74 Å². The van der Waals surface area contributed by atoms with Crippen molar-refractivity contribution in [3.8, 4) is 5.75 Å². The van der Waals surface area contributed by atoms with Gasteiger partial charge in [0.25, 0.3) is 0 Å². The highest BCUT2D eigenvalue weighted by molar-refractivity contribution is 5.46. The van der Waals surface area contributed by atoms with Crippen LogP contribution in [0.1, 0.15) is 40.3 Å². The van der Waals surface area contributed by atoms with Gasteiger partial charge in [0.15, 0.2) is 11.2 Å². The number of ether oxygens (including phenoxy) is 6. The Hall–Kier alpha value is -4.41. The van der Waals surface area contributed by atoms with Crippen molar-refractivity contribution in [2.24, 2.45) is 0 Å². The van der Waals surface area contributed by atoms with Crippen molar-refractivity contribution in [1.82, 2.24) is 0 Å². The smallest absolute Gasteiger partial charge is 0.226 e. The lowest BCUT2D eigenvalue weighted by molar-refractivity contribution is -0.389. The van der Waals surface area contributed by atoms with Crippen molar-refractivity contribution in [2.75, 3.05) is 13.2 Å². The Morgan fingerprint density at radius 1 is 0.686 bits per heavy atom. The zero-order valence-corrected chi connectivity index (χ0v) is 28.5. The molecule has 1 saturated carbocycles. The number of halogens is 1. The van der Waals surface area contributed by atoms with Crippen LogP contribution in [0.3, 0.4) is 0 Å². The van der Waals surface area contributed by atoms with Crippen LogP contribution in [0.25, 0.3) is 0 Å². The molecule has 0 radical (unpaired) electrons. The molecule has 9 rings (SSSR count). The standard InChI is InChI=1S/C43H41FO7/c1-2-46-36-21-18-30(19-22-36)24-34-25-35(20-23-37(34)44)43-39(48-27-32-14-8-4-9-15-32)38(47-26-31-12-6-3-7-13-31)42(40(50-43)41(42,29-45)51-43)49-28-33-16-10-5-11-17-33/h3-23,25,38-40,45H,2,24,26-29H2,1H3. The molecule has 4 aliphatic rings. The summed E-state index contributed by atoms with van der Waals surface area (Å²) in [5, 5.41) is 11.1. The van der Waals surface area contributed by atoms with E-state index >= 15 is 4.39 Å². The molecule has 262 valence electrons. The van der Waals surface area contributed by atoms with Gasteiger partial charge in [-0.05, 0) is 59.0 Å². The van der Waals surface area contributed by atoms with E-state index in [0.29, 0.717) is 24.2 Å². The topological polar surface area (TPSA) is 75.6 Å². The normalized spacial score (nSPS) is 27.3. The Bertz CT molecular complexity index is 1930. The first kappa shape index (κ1) is 33.7. The molecule has 3 heterocycles. The van der Waals surface area contributed by atoms with Crippen LogP contribution in [0.15, 0.2) is 133 Å². The maximum Gasteiger partial charge on any atom is 0.226 e. The van der Waals surface area contributed by atoms with E-state index < -0.39 is 35.3 Å². The summed E-state index contributed by atoms with van der Waals surface area (Å²) < 4.78 is 55.5. The predicted octanol–water partition coefficient (Wildman–Crippen LogP) is 7.27. The van der Waals surface area contributed by atoms with Gasteiger partial charge in [0.2, 0.25) is 5.79 Å². The zero-order chi connectivity index (χ0) is 34.9. The van der Waals surface area contributed by atoms with E-state index in [1.165, 1.54) is 6.07 Å². The SMILES string of the molecule is CCOc1ccc(Cc2cc(C34OC5C(CO)(O3)C5(OCc3ccccc3)C(OCc3ccccc3)C4OCc3ccccc3)ccc2F)cc1. The van der Waals surface area contributed by atoms with Crippen LogP contribution in [0.2, 0.25) is 0 Å². The second-order valence-electron chi connectivity index (χ2n) is 13.4. The van der Waals surface area contributed by atoms with Crippen LogP contribution >= 0.6 is 0 Å². The second-order valence-corrected chi connectivity index (χ2v) is 13.4. The summed E-state index contributed by atoms with van der Waals surface area (Å²) >= 11 is 0. The van der Waals surface area contributed by atoms with E-state index in [2.05, 4.69) is 0 Å². The Kier molecular flexibility index (Phi) is 9.23. The lowest BCUT2D eigenvalue weighted by atomic mass is 9.85. The second kappa shape index (κ2) is 14.0. The molecule has 0 aromatic heterocycles. The van der Waals surface area contributed by atoms with Crippen LogP contribution in [0.4, 0.5) is 4.39 Å². The molecule has 3 aliphatic heterocycles. The highest BCUT2D eigenvalue weighted by Crippen LogP contribution is 2.73. The van der Waals surface area contributed by atoms with E-state index in [4.69, 9.17) is 28.4 Å². The van der Waals surface area contributed by atoms with Gasteiger partial charge in [-0.25, -0.2) is 4.39 Å². The summed E-state index contributed by atoms with van der Waals surface area (Å²) in [4.78, 5) is 0. The van der Waals surface area contributed by atoms with Crippen molar-refractivity contribution < 1.29 is 37.9 Å². The maximum absolute atomic E-state index is 15.6. The highest BCUT2D eigenvalue weighted by atomic mass is 19.1. The molecule has 4 fully saturated rings. The Balaban J connectivity index is 1.19. The minimum Gasteiger partial charge on any atom is -0.494 e. The molecule has 8 heteroatoms.